The summed E-state index contributed by atoms with van der Waals surface area (Å²) in [7, 11) is 0. The molecule has 1 aromatic heterocycles. The molecule has 0 bridgehead atoms. The van der Waals surface area contributed by atoms with E-state index >= 15 is 0 Å². The predicted octanol–water partition coefficient (Wildman–Crippen LogP) is 2.63. The van der Waals surface area contributed by atoms with Gasteiger partial charge >= 0.3 is 0 Å². The summed E-state index contributed by atoms with van der Waals surface area (Å²) in [5.41, 5.74) is 2.86. The second-order valence-electron chi connectivity index (χ2n) is 4.45. The molecule has 18 heavy (non-hydrogen) atoms. The fraction of sp³-hybridized carbons (Fsp3) is 0.400. The molecule has 0 aliphatic rings. The molecule has 0 saturated heterocycles. The van der Waals surface area contributed by atoms with Crippen molar-refractivity contribution in [3.63, 3.8) is 0 Å². The number of nitrogens with one attached hydrogen (secondary N) is 1. The Morgan fingerprint density at radius 2 is 2.06 bits per heavy atom. The van der Waals surface area contributed by atoms with Crippen molar-refractivity contribution < 1.29 is 0 Å². The second-order valence-corrected chi connectivity index (χ2v) is 4.45. The molecular weight excluding hydrogens is 222 g/mol. The Morgan fingerprint density at radius 3 is 2.78 bits per heavy atom. The van der Waals surface area contributed by atoms with Crippen molar-refractivity contribution in [1.82, 2.24) is 14.9 Å². The van der Waals surface area contributed by atoms with E-state index in [0.717, 1.165) is 32.5 Å². The van der Waals surface area contributed by atoms with Crippen LogP contribution in [0, 0.1) is 0 Å². The lowest BCUT2D eigenvalue weighted by Gasteiger charge is -2.09. The van der Waals surface area contributed by atoms with Crippen LogP contribution >= 0.6 is 0 Å². The molecule has 3 heteroatoms. The van der Waals surface area contributed by atoms with Gasteiger partial charge in [0.05, 0.1) is 6.33 Å². The normalized spacial score (nSPS) is 10.7. The van der Waals surface area contributed by atoms with E-state index in [9.17, 15) is 0 Å². The number of aromatic nitrogens is 2. The molecule has 0 unspecified atom stereocenters. The zero-order valence-corrected chi connectivity index (χ0v) is 11.0. The van der Waals surface area contributed by atoms with Crippen LogP contribution in [0.1, 0.15) is 24.5 Å². The Morgan fingerprint density at radius 1 is 1.22 bits per heavy atom. The lowest BCUT2D eigenvalue weighted by molar-refractivity contribution is 0.579. The molecule has 96 valence electrons. The van der Waals surface area contributed by atoms with Crippen LogP contribution in [0.25, 0.3) is 0 Å². The molecule has 1 N–H and O–H groups in total. The molecule has 0 radical (unpaired) electrons. The molecule has 0 amide bonds. The van der Waals surface area contributed by atoms with Crippen LogP contribution in [0.5, 0.6) is 0 Å². The maximum Gasteiger partial charge on any atom is 0.0945 e. The van der Waals surface area contributed by atoms with Gasteiger partial charge in [-0.15, -0.1) is 0 Å². The lowest BCUT2D eigenvalue weighted by atomic mass is 10.1. The number of rotatable bonds is 7. The lowest BCUT2D eigenvalue weighted by Crippen LogP contribution is -2.17. The van der Waals surface area contributed by atoms with Gasteiger partial charge in [0.2, 0.25) is 0 Å². The topological polar surface area (TPSA) is 29.9 Å². The molecular formula is C15H21N3. The Hall–Kier alpha value is -1.61. The standard InChI is InChI=1S/C15H21N3/c1-2-14-6-3-4-7-15(14)12-16-8-5-10-18-11-9-17-13-18/h3-4,6-7,9,11,13,16H,2,5,8,10,12H2,1H3. The predicted molar refractivity (Wildman–Crippen MR) is 74.4 cm³/mol. The number of hydrogen-bond acceptors (Lipinski definition) is 2. The second kappa shape index (κ2) is 6.97. The van der Waals surface area contributed by atoms with Gasteiger partial charge in [0, 0.05) is 25.5 Å². The minimum Gasteiger partial charge on any atom is -0.337 e. The van der Waals surface area contributed by atoms with Gasteiger partial charge in [0.1, 0.15) is 0 Å². The Kier molecular flexibility index (Phi) is 4.97. The largest absolute Gasteiger partial charge is 0.337 e. The highest BCUT2D eigenvalue weighted by atomic mass is 15.0. The molecule has 0 aliphatic carbocycles. The Balaban J connectivity index is 1.69. The third kappa shape index (κ3) is 3.70. The van der Waals surface area contributed by atoms with Crippen LogP contribution in [0.15, 0.2) is 43.0 Å². The van der Waals surface area contributed by atoms with E-state index in [1.807, 2.05) is 18.7 Å². The Labute approximate surface area is 109 Å². The van der Waals surface area contributed by atoms with Crippen molar-refractivity contribution >= 4 is 0 Å². The highest BCUT2D eigenvalue weighted by Crippen LogP contribution is 2.08. The minimum atomic E-state index is 0.966. The molecule has 1 aromatic carbocycles. The van der Waals surface area contributed by atoms with Gasteiger partial charge in [0.25, 0.3) is 0 Å². The van der Waals surface area contributed by atoms with E-state index in [1.165, 1.54) is 11.1 Å². The van der Waals surface area contributed by atoms with Crippen LogP contribution in [0.4, 0.5) is 0 Å². The summed E-state index contributed by atoms with van der Waals surface area (Å²) in [5, 5.41) is 3.51. The number of aryl methyl sites for hydroxylation is 2. The molecule has 0 aliphatic heterocycles. The first-order chi connectivity index (χ1) is 8.90. The van der Waals surface area contributed by atoms with Crippen LogP contribution in [-0.2, 0) is 19.5 Å². The number of imidazole rings is 1. The zero-order chi connectivity index (χ0) is 12.6. The van der Waals surface area contributed by atoms with Crippen molar-refractivity contribution in [1.29, 1.82) is 0 Å². The number of hydrogen-bond donors (Lipinski definition) is 1. The summed E-state index contributed by atoms with van der Waals surface area (Å²) in [4.78, 5) is 4.03. The molecule has 1 heterocycles. The molecule has 0 atom stereocenters. The van der Waals surface area contributed by atoms with Crippen molar-refractivity contribution in [3.05, 3.63) is 54.1 Å². The van der Waals surface area contributed by atoms with Gasteiger partial charge in [0.15, 0.2) is 0 Å². The fourth-order valence-corrected chi connectivity index (χ4v) is 2.10. The van der Waals surface area contributed by atoms with Gasteiger partial charge in [-0.05, 0) is 30.5 Å². The fourth-order valence-electron chi connectivity index (χ4n) is 2.10. The molecule has 3 nitrogen and oxygen atoms in total. The Bertz CT molecular complexity index is 449. The van der Waals surface area contributed by atoms with Gasteiger partial charge in [-0.1, -0.05) is 31.2 Å². The van der Waals surface area contributed by atoms with E-state index in [2.05, 4.69) is 46.1 Å². The molecule has 2 aromatic rings. The quantitative estimate of drug-likeness (QED) is 0.758. The zero-order valence-electron chi connectivity index (χ0n) is 11.0. The van der Waals surface area contributed by atoms with Crippen LogP contribution in [-0.4, -0.2) is 16.1 Å². The van der Waals surface area contributed by atoms with Gasteiger partial charge < -0.3 is 9.88 Å². The molecule has 0 saturated carbocycles. The highest BCUT2D eigenvalue weighted by Gasteiger charge is 1.98. The number of benzene rings is 1. The molecule has 0 fully saturated rings. The summed E-state index contributed by atoms with van der Waals surface area (Å²) in [6.45, 7) is 5.24. The van der Waals surface area contributed by atoms with E-state index < -0.39 is 0 Å². The monoisotopic (exact) mass is 243 g/mol. The highest BCUT2D eigenvalue weighted by molar-refractivity contribution is 5.26. The average molecular weight is 243 g/mol. The van der Waals surface area contributed by atoms with Crippen molar-refractivity contribution in [3.8, 4) is 0 Å². The summed E-state index contributed by atoms with van der Waals surface area (Å²) in [6.07, 6.45) is 7.93. The van der Waals surface area contributed by atoms with E-state index in [-0.39, 0.29) is 0 Å². The summed E-state index contributed by atoms with van der Waals surface area (Å²) < 4.78 is 2.11. The first kappa shape index (κ1) is 12.8. The SMILES string of the molecule is CCc1ccccc1CNCCCn1ccnc1. The maximum atomic E-state index is 4.03. The summed E-state index contributed by atoms with van der Waals surface area (Å²) in [6, 6.07) is 8.65. The van der Waals surface area contributed by atoms with Crippen LogP contribution in [0.2, 0.25) is 0 Å². The van der Waals surface area contributed by atoms with E-state index in [4.69, 9.17) is 0 Å². The smallest absolute Gasteiger partial charge is 0.0945 e. The van der Waals surface area contributed by atoms with Gasteiger partial charge in [-0.25, -0.2) is 4.98 Å². The molecule has 0 spiro atoms. The van der Waals surface area contributed by atoms with Gasteiger partial charge in [-0.2, -0.15) is 0 Å². The first-order valence-corrected chi connectivity index (χ1v) is 6.63. The first-order valence-electron chi connectivity index (χ1n) is 6.63. The van der Waals surface area contributed by atoms with Crippen molar-refractivity contribution in [2.45, 2.75) is 32.9 Å². The minimum absolute atomic E-state index is 0.966. The third-order valence-electron chi connectivity index (χ3n) is 3.14. The van der Waals surface area contributed by atoms with Crippen LogP contribution < -0.4 is 5.32 Å². The summed E-state index contributed by atoms with van der Waals surface area (Å²) >= 11 is 0. The van der Waals surface area contributed by atoms with Gasteiger partial charge in [-0.3, -0.25) is 0 Å². The van der Waals surface area contributed by atoms with Crippen molar-refractivity contribution in [2.75, 3.05) is 6.54 Å². The third-order valence-corrected chi connectivity index (χ3v) is 3.14. The van der Waals surface area contributed by atoms with E-state index in [0.29, 0.717) is 0 Å². The maximum absolute atomic E-state index is 4.03. The van der Waals surface area contributed by atoms with Crippen LogP contribution in [0.3, 0.4) is 0 Å². The van der Waals surface area contributed by atoms with Crippen molar-refractivity contribution in [2.24, 2.45) is 0 Å². The summed E-state index contributed by atoms with van der Waals surface area (Å²) in [5.74, 6) is 0. The number of nitrogens with zero attached hydrogens (tertiary/aromatic N) is 2. The average Bonchev–Trinajstić information content (AvgIpc) is 2.92. The van der Waals surface area contributed by atoms with E-state index in [1.54, 1.807) is 0 Å². The molecule has 2 rings (SSSR count).